The second-order valence-electron chi connectivity index (χ2n) is 6.58. The first-order valence-electron chi connectivity index (χ1n) is 7.95. The average Bonchev–Trinajstić information content (AvgIpc) is 2.68. The maximum atomic E-state index is 6.64. The van der Waals surface area contributed by atoms with Crippen LogP contribution in [-0.2, 0) is 13.5 Å². The minimum Gasteiger partial charge on any atom is -0.326 e. The van der Waals surface area contributed by atoms with E-state index in [1.54, 1.807) is 0 Å². The lowest BCUT2D eigenvalue weighted by atomic mass is 9.79. The van der Waals surface area contributed by atoms with Crippen LogP contribution in [0.2, 0.25) is 0 Å². The van der Waals surface area contributed by atoms with E-state index in [4.69, 9.17) is 5.73 Å². The Bertz CT molecular complexity index is 402. The molecule has 1 aromatic rings. The molecule has 0 spiro atoms. The van der Waals surface area contributed by atoms with Gasteiger partial charge in [-0.1, -0.05) is 25.7 Å². The van der Waals surface area contributed by atoms with Crippen molar-refractivity contribution in [3.8, 4) is 0 Å². The summed E-state index contributed by atoms with van der Waals surface area (Å²) in [4.78, 5) is 2.40. The molecule has 0 radical (unpaired) electrons. The predicted octanol–water partition coefficient (Wildman–Crippen LogP) is 2.33. The Morgan fingerprint density at radius 3 is 2.45 bits per heavy atom. The van der Waals surface area contributed by atoms with E-state index in [1.165, 1.54) is 44.1 Å². The normalized spacial score (nSPS) is 20.9. The Morgan fingerprint density at radius 2 is 1.95 bits per heavy atom. The summed E-state index contributed by atoms with van der Waals surface area (Å²) in [6, 6.07) is 0.246. The van der Waals surface area contributed by atoms with E-state index in [2.05, 4.69) is 30.3 Å². The highest BCUT2D eigenvalue weighted by molar-refractivity contribution is 5.06. The second kappa shape index (κ2) is 6.72. The average molecular weight is 278 g/mol. The third-order valence-electron chi connectivity index (χ3n) is 5.05. The van der Waals surface area contributed by atoms with E-state index >= 15 is 0 Å². The molecule has 1 saturated carbocycles. The minimum atomic E-state index is 0.193. The van der Waals surface area contributed by atoms with Crippen molar-refractivity contribution in [2.24, 2.45) is 12.8 Å². The summed E-state index contributed by atoms with van der Waals surface area (Å²) < 4.78 is 1.87. The molecule has 0 amide bonds. The molecule has 2 N–H and O–H groups in total. The van der Waals surface area contributed by atoms with Crippen molar-refractivity contribution in [2.45, 2.75) is 62.9 Å². The van der Waals surface area contributed by atoms with Crippen LogP contribution in [-0.4, -0.2) is 40.4 Å². The van der Waals surface area contributed by atoms with Gasteiger partial charge in [-0.05, 0) is 45.3 Å². The van der Waals surface area contributed by atoms with Gasteiger partial charge >= 0.3 is 0 Å². The zero-order chi connectivity index (χ0) is 14.6. The van der Waals surface area contributed by atoms with Crippen molar-refractivity contribution in [2.75, 3.05) is 14.1 Å². The van der Waals surface area contributed by atoms with Crippen molar-refractivity contribution in [3.05, 3.63) is 18.0 Å². The highest BCUT2D eigenvalue weighted by Gasteiger charge is 2.38. The van der Waals surface area contributed by atoms with E-state index < -0.39 is 0 Å². The van der Waals surface area contributed by atoms with Gasteiger partial charge in [0.2, 0.25) is 0 Å². The summed E-state index contributed by atoms with van der Waals surface area (Å²) in [5, 5.41) is 4.24. The summed E-state index contributed by atoms with van der Waals surface area (Å²) in [5.41, 5.74) is 8.13. The smallest absolute Gasteiger partial charge is 0.0521 e. The highest BCUT2D eigenvalue weighted by Crippen LogP contribution is 2.34. The van der Waals surface area contributed by atoms with Crippen LogP contribution in [0.1, 0.15) is 50.5 Å². The van der Waals surface area contributed by atoms with Gasteiger partial charge in [-0.2, -0.15) is 5.10 Å². The first-order valence-corrected chi connectivity index (χ1v) is 7.95. The number of nitrogens with zero attached hydrogens (tertiary/aromatic N) is 3. The third-order valence-corrected chi connectivity index (χ3v) is 5.05. The summed E-state index contributed by atoms with van der Waals surface area (Å²) in [6.45, 7) is 0. The van der Waals surface area contributed by atoms with Crippen molar-refractivity contribution in [3.63, 3.8) is 0 Å². The molecule has 2 rings (SSSR count). The molecule has 4 nitrogen and oxygen atoms in total. The number of likely N-dealkylation sites (N-methyl/N-ethyl adjacent to an activating group) is 1. The van der Waals surface area contributed by atoms with Crippen molar-refractivity contribution >= 4 is 0 Å². The molecular formula is C16H30N4. The standard InChI is InChI=1S/C16H30N4/c1-19(2)16(10-6-4-5-7-11-16)15(17)9-8-14-12-18-20(3)13-14/h12-13,15H,4-11,17H2,1-3H3. The van der Waals surface area contributed by atoms with Crippen LogP contribution in [0.3, 0.4) is 0 Å². The molecule has 1 heterocycles. The molecule has 1 fully saturated rings. The Morgan fingerprint density at radius 1 is 1.30 bits per heavy atom. The molecule has 0 aromatic carbocycles. The third kappa shape index (κ3) is 3.41. The summed E-state index contributed by atoms with van der Waals surface area (Å²) in [6.07, 6.45) is 14.0. The minimum absolute atomic E-state index is 0.193. The summed E-state index contributed by atoms with van der Waals surface area (Å²) in [5.74, 6) is 0. The fourth-order valence-electron chi connectivity index (χ4n) is 3.68. The van der Waals surface area contributed by atoms with E-state index in [-0.39, 0.29) is 11.6 Å². The lowest BCUT2D eigenvalue weighted by Gasteiger charge is -2.44. The molecule has 0 aliphatic heterocycles. The molecule has 1 aliphatic carbocycles. The molecule has 1 unspecified atom stereocenters. The van der Waals surface area contributed by atoms with Crippen LogP contribution >= 0.6 is 0 Å². The lowest BCUT2D eigenvalue weighted by Crippen LogP contribution is -2.57. The van der Waals surface area contributed by atoms with Crippen molar-refractivity contribution in [1.29, 1.82) is 0 Å². The maximum Gasteiger partial charge on any atom is 0.0521 e. The van der Waals surface area contributed by atoms with E-state index in [9.17, 15) is 0 Å². The van der Waals surface area contributed by atoms with Gasteiger partial charge in [0, 0.05) is 24.8 Å². The molecule has 1 atom stereocenters. The SMILES string of the molecule is CN(C)C1(C(N)CCc2cnn(C)c2)CCCCCC1. The topological polar surface area (TPSA) is 47.1 Å². The molecule has 20 heavy (non-hydrogen) atoms. The quantitative estimate of drug-likeness (QED) is 0.841. The summed E-state index contributed by atoms with van der Waals surface area (Å²) in [7, 11) is 6.38. The van der Waals surface area contributed by atoms with Crippen LogP contribution in [0.15, 0.2) is 12.4 Å². The van der Waals surface area contributed by atoms with Gasteiger partial charge in [-0.15, -0.1) is 0 Å². The molecule has 0 bridgehead atoms. The number of hydrogen-bond acceptors (Lipinski definition) is 3. The zero-order valence-corrected chi connectivity index (χ0v) is 13.3. The number of hydrogen-bond donors (Lipinski definition) is 1. The number of nitrogens with two attached hydrogens (primary N) is 1. The second-order valence-corrected chi connectivity index (χ2v) is 6.58. The van der Waals surface area contributed by atoms with E-state index in [0.717, 1.165) is 12.8 Å². The Kier molecular flexibility index (Phi) is 5.22. The predicted molar refractivity (Wildman–Crippen MR) is 83.6 cm³/mol. The van der Waals surface area contributed by atoms with E-state index in [1.807, 2.05) is 17.9 Å². The van der Waals surface area contributed by atoms with Crippen molar-refractivity contribution < 1.29 is 0 Å². The van der Waals surface area contributed by atoms with Gasteiger partial charge in [0.25, 0.3) is 0 Å². The van der Waals surface area contributed by atoms with Gasteiger partial charge in [-0.25, -0.2) is 0 Å². The first kappa shape index (κ1) is 15.5. The molecular weight excluding hydrogens is 248 g/mol. The van der Waals surface area contributed by atoms with Crippen LogP contribution in [0.25, 0.3) is 0 Å². The Hall–Kier alpha value is -0.870. The fraction of sp³-hybridized carbons (Fsp3) is 0.812. The van der Waals surface area contributed by atoms with Crippen LogP contribution in [0.5, 0.6) is 0 Å². The van der Waals surface area contributed by atoms with Crippen LogP contribution in [0, 0.1) is 0 Å². The summed E-state index contributed by atoms with van der Waals surface area (Å²) >= 11 is 0. The lowest BCUT2D eigenvalue weighted by molar-refractivity contribution is 0.0933. The van der Waals surface area contributed by atoms with E-state index in [0.29, 0.717) is 0 Å². The van der Waals surface area contributed by atoms with Gasteiger partial charge < -0.3 is 10.6 Å². The molecule has 114 valence electrons. The molecule has 0 saturated heterocycles. The molecule has 1 aromatic heterocycles. The maximum absolute atomic E-state index is 6.64. The number of aromatic nitrogens is 2. The van der Waals surface area contributed by atoms with Gasteiger partial charge in [0.15, 0.2) is 0 Å². The number of aryl methyl sites for hydroxylation is 2. The van der Waals surface area contributed by atoms with Gasteiger partial charge in [-0.3, -0.25) is 4.68 Å². The van der Waals surface area contributed by atoms with Crippen LogP contribution in [0.4, 0.5) is 0 Å². The van der Waals surface area contributed by atoms with Gasteiger partial charge in [0.1, 0.15) is 0 Å². The van der Waals surface area contributed by atoms with Crippen molar-refractivity contribution in [1.82, 2.24) is 14.7 Å². The Balaban J connectivity index is 2.00. The van der Waals surface area contributed by atoms with Gasteiger partial charge in [0.05, 0.1) is 6.20 Å². The Labute approximate surface area is 123 Å². The highest BCUT2D eigenvalue weighted by atomic mass is 15.2. The largest absolute Gasteiger partial charge is 0.326 e. The zero-order valence-electron chi connectivity index (χ0n) is 13.3. The molecule has 1 aliphatic rings. The first-order chi connectivity index (χ1) is 9.54. The van der Waals surface area contributed by atoms with Crippen LogP contribution < -0.4 is 5.73 Å². The number of rotatable bonds is 5. The molecule has 4 heteroatoms. The monoisotopic (exact) mass is 278 g/mol. The fourth-order valence-corrected chi connectivity index (χ4v) is 3.68.